The largest absolute Gasteiger partial charge is 0.456 e. The normalized spacial score (nSPS) is 12.6. The molecule has 0 saturated carbocycles. The zero-order valence-corrected chi connectivity index (χ0v) is 36.4. The van der Waals surface area contributed by atoms with Crippen LogP contribution in [0.4, 0.5) is 17.1 Å². The van der Waals surface area contributed by atoms with Crippen LogP contribution in [0.5, 0.6) is 0 Å². The quantitative estimate of drug-likeness (QED) is 0.152. The number of hydrogen-bond acceptors (Lipinski definition) is 2. The van der Waals surface area contributed by atoms with Crippen LogP contribution in [0.2, 0.25) is 0 Å². The number of anilines is 3. The van der Waals surface area contributed by atoms with Gasteiger partial charge in [-0.3, -0.25) is 0 Å². The molecule has 1 aromatic heterocycles. The molecular formula is C63H45NO. The monoisotopic (exact) mass is 831 g/mol. The standard InChI is InChI=1S/C63H45NO/c1-63(2)58-40-50(46-23-21-44(22-24-46)42-13-5-3-6-14-42)31-36-54(58)55-37-35-52(41-59(55)63)64(60-19-11-9-17-53(60)48-27-25-45(26-28-48)43-15-7-4-8-16-43)51-33-29-47(30-34-51)49-32-38-62-57(39-49)56-18-10-12-20-61(56)65-62/h3-41H,1-2H3. The van der Waals surface area contributed by atoms with Crippen molar-refractivity contribution in [2.75, 3.05) is 4.90 Å². The molecule has 65 heavy (non-hydrogen) atoms. The molecule has 0 saturated heterocycles. The van der Waals surface area contributed by atoms with Crippen LogP contribution in [0.25, 0.3) is 88.7 Å². The molecule has 0 radical (unpaired) electrons. The minimum atomic E-state index is -0.223. The Balaban J connectivity index is 0.944. The first-order valence-corrected chi connectivity index (χ1v) is 22.5. The molecule has 1 aliphatic rings. The molecule has 0 atom stereocenters. The smallest absolute Gasteiger partial charge is 0.135 e. The van der Waals surface area contributed by atoms with Crippen molar-refractivity contribution in [2.24, 2.45) is 0 Å². The molecule has 0 fully saturated rings. The highest BCUT2D eigenvalue weighted by atomic mass is 16.3. The molecule has 1 heterocycles. The molecule has 12 rings (SSSR count). The van der Waals surface area contributed by atoms with Crippen molar-refractivity contribution in [2.45, 2.75) is 19.3 Å². The van der Waals surface area contributed by atoms with Crippen molar-refractivity contribution < 1.29 is 4.42 Å². The van der Waals surface area contributed by atoms with E-state index in [0.717, 1.165) is 50.1 Å². The highest BCUT2D eigenvalue weighted by Gasteiger charge is 2.36. The molecule has 2 heteroatoms. The Bertz CT molecular complexity index is 3530. The number of furan rings is 1. The zero-order valence-electron chi connectivity index (χ0n) is 36.4. The average Bonchev–Trinajstić information content (AvgIpc) is 3.85. The van der Waals surface area contributed by atoms with E-state index in [2.05, 4.69) is 243 Å². The third kappa shape index (κ3) is 6.74. The number of rotatable bonds is 8. The van der Waals surface area contributed by atoms with Gasteiger partial charge in [-0.1, -0.05) is 196 Å². The number of benzene rings is 10. The van der Waals surface area contributed by atoms with Gasteiger partial charge in [0.05, 0.1) is 5.69 Å². The van der Waals surface area contributed by atoms with Gasteiger partial charge in [0.2, 0.25) is 0 Å². The lowest BCUT2D eigenvalue weighted by Crippen LogP contribution is -2.17. The number of nitrogens with zero attached hydrogens (tertiary/aromatic N) is 1. The second-order valence-electron chi connectivity index (χ2n) is 17.7. The molecule has 10 aromatic carbocycles. The molecule has 1 aliphatic carbocycles. The minimum absolute atomic E-state index is 0.223. The topological polar surface area (TPSA) is 16.4 Å². The van der Waals surface area contributed by atoms with E-state index in [4.69, 9.17) is 4.42 Å². The lowest BCUT2D eigenvalue weighted by molar-refractivity contribution is 0.660. The van der Waals surface area contributed by atoms with Crippen LogP contribution in [0.15, 0.2) is 241 Å². The van der Waals surface area contributed by atoms with Gasteiger partial charge in [-0.25, -0.2) is 0 Å². The summed E-state index contributed by atoms with van der Waals surface area (Å²) in [6.07, 6.45) is 0. The molecule has 0 aliphatic heterocycles. The fourth-order valence-electron chi connectivity index (χ4n) is 10.1. The maximum Gasteiger partial charge on any atom is 0.135 e. The first-order valence-electron chi connectivity index (χ1n) is 22.5. The van der Waals surface area contributed by atoms with Gasteiger partial charge >= 0.3 is 0 Å². The van der Waals surface area contributed by atoms with E-state index < -0.39 is 0 Å². The van der Waals surface area contributed by atoms with Gasteiger partial charge in [0.25, 0.3) is 0 Å². The van der Waals surface area contributed by atoms with Crippen LogP contribution >= 0.6 is 0 Å². The predicted octanol–water partition coefficient (Wildman–Crippen LogP) is 17.7. The van der Waals surface area contributed by atoms with Gasteiger partial charge in [0, 0.05) is 33.1 Å². The van der Waals surface area contributed by atoms with E-state index >= 15 is 0 Å². The Morgan fingerprint density at radius 2 is 0.754 bits per heavy atom. The summed E-state index contributed by atoms with van der Waals surface area (Å²) in [7, 11) is 0. The average molecular weight is 832 g/mol. The first kappa shape index (κ1) is 38.5. The molecule has 308 valence electrons. The van der Waals surface area contributed by atoms with Gasteiger partial charge in [-0.15, -0.1) is 0 Å². The summed E-state index contributed by atoms with van der Waals surface area (Å²) in [6.45, 7) is 4.76. The van der Waals surface area contributed by atoms with E-state index in [1.165, 1.54) is 66.8 Å². The fraction of sp³-hybridized carbons (Fsp3) is 0.0476. The van der Waals surface area contributed by atoms with Crippen LogP contribution in [0.3, 0.4) is 0 Å². The van der Waals surface area contributed by atoms with E-state index in [9.17, 15) is 0 Å². The van der Waals surface area contributed by atoms with E-state index in [-0.39, 0.29) is 5.41 Å². The molecule has 2 nitrogen and oxygen atoms in total. The minimum Gasteiger partial charge on any atom is -0.456 e. The summed E-state index contributed by atoms with van der Waals surface area (Å²) in [5.74, 6) is 0. The predicted molar refractivity (Wildman–Crippen MR) is 273 cm³/mol. The zero-order chi connectivity index (χ0) is 43.5. The fourth-order valence-corrected chi connectivity index (χ4v) is 10.1. The highest BCUT2D eigenvalue weighted by Crippen LogP contribution is 2.52. The lowest BCUT2D eigenvalue weighted by atomic mass is 9.81. The van der Waals surface area contributed by atoms with Crippen molar-refractivity contribution in [3.8, 4) is 66.8 Å². The van der Waals surface area contributed by atoms with Crippen molar-refractivity contribution in [1.82, 2.24) is 0 Å². The number of hydrogen-bond donors (Lipinski definition) is 0. The van der Waals surface area contributed by atoms with Gasteiger partial charge in [0.1, 0.15) is 11.2 Å². The summed E-state index contributed by atoms with van der Waals surface area (Å²) < 4.78 is 6.17. The Morgan fingerprint density at radius 1 is 0.308 bits per heavy atom. The SMILES string of the molecule is CC1(C)c2cc(-c3ccc(-c4ccccc4)cc3)ccc2-c2ccc(N(c3ccc(-c4ccc5oc6ccccc6c5c4)cc3)c3ccccc3-c3ccc(-c4ccccc4)cc3)cc21. The highest BCUT2D eigenvalue weighted by molar-refractivity contribution is 6.06. The molecule has 0 N–H and O–H groups in total. The van der Waals surface area contributed by atoms with Gasteiger partial charge < -0.3 is 9.32 Å². The van der Waals surface area contributed by atoms with E-state index in [0.29, 0.717) is 0 Å². The second-order valence-corrected chi connectivity index (χ2v) is 17.7. The van der Waals surface area contributed by atoms with Crippen LogP contribution in [-0.2, 0) is 5.41 Å². The molecule has 0 amide bonds. The summed E-state index contributed by atoms with van der Waals surface area (Å²) in [5.41, 5.74) is 22.2. The molecule has 0 unspecified atom stereocenters. The van der Waals surface area contributed by atoms with Gasteiger partial charge in [-0.2, -0.15) is 0 Å². The van der Waals surface area contributed by atoms with Crippen LogP contribution < -0.4 is 4.90 Å². The Morgan fingerprint density at radius 3 is 1.43 bits per heavy atom. The van der Waals surface area contributed by atoms with Crippen molar-refractivity contribution in [3.63, 3.8) is 0 Å². The van der Waals surface area contributed by atoms with Crippen LogP contribution in [-0.4, -0.2) is 0 Å². The summed E-state index contributed by atoms with van der Waals surface area (Å²) in [6, 6.07) is 85.9. The van der Waals surface area contributed by atoms with Crippen LogP contribution in [0, 0.1) is 0 Å². The Labute approximate surface area is 380 Å². The first-order chi connectivity index (χ1) is 32.0. The Hall–Kier alpha value is -8.20. The number of fused-ring (bicyclic) bond motifs is 6. The molecule has 0 spiro atoms. The van der Waals surface area contributed by atoms with Crippen molar-refractivity contribution in [3.05, 3.63) is 248 Å². The van der Waals surface area contributed by atoms with E-state index in [1.807, 2.05) is 12.1 Å². The van der Waals surface area contributed by atoms with Crippen molar-refractivity contribution in [1.29, 1.82) is 0 Å². The van der Waals surface area contributed by atoms with Crippen LogP contribution in [0.1, 0.15) is 25.0 Å². The van der Waals surface area contributed by atoms with Gasteiger partial charge in [0.15, 0.2) is 0 Å². The molecule has 11 aromatic rings. The number of para-hydroxylation sites is 2. The Kier molecular flexibility index (Phi) is 9.21. The van der Waals surface area contributed by atoms with E-state index in [1.54, 1.807) is 0 Å². The summed E-state index contributed by atoms with van der Waals surface area (Å²) in [5, 5.41) is 2.27. The molecular weight excluding hydrogens is 787 g/mol. The third-order valence-corrected chi connectivity index (χ3v) is 13.5. The van der Waals surface area contributed by atoms with Gasteiger partial charge in [-0.05, 0) is 127 Å². The third-order valence-electron chi connectivity index (χ3n) is 13.5. The summed E-state index contributed by atoms with van der Waals surface area (Å²) in [4.78, 5) is 2.44. The second kappa shape index (κ2) is 15.6. The maximum atomic E-state index is 6.17. The van der Waals surface area contributed by atoms with Crippen molar-refractivity contribution >= 4 is 39.0 Å². The summed E-state index contributed by atoms with van der Waals surface area (Å²) >= 11 is 0. The maximum absolute atomic E-state index is 6.17. The molecule has 0 bridgehead atoms. The lowest BCUT2D eigenvalue weighted by Gasteiger charge is -2.30.